The maximum Gasteiger partial charge on any atom is 0.254 e. The van der Waals surface area contributed by atoms with E-state index >= 15 is 0 Å². The maximum atomic E-state index is 12.6. The maximum absolute atomic E-state index is 12.6. The van der Waals surface area contributed by atoms with E-state index in [0.717, 1.165) is 16.6 Å². The van der Waals surface area contributed by atoms with Gasteiger partial charge < -0.3 is 9.64 Å². The van der Waals surface area contributed by atoms with Crippen molar-refractivity contribution in [3.05, 3.63) is 47.6 Å². The van der Waals surface area contributed by atoms with Gasteiger partial charge in [-0.2, -0.15) is 5.10 Å². The van der Waals surface area contributed by atoms with E-state index in [1.807, 2.05) is 23.1 Å². The van der Waals surface area contributed by atoms with E-state index in [0.29, 0.717) is 24.5 Å². The average Bonchev–Trinajstić information content (AvgIpc) is 3.23. The molecule has 6 nitrogen and oxygen atoms in total. The third-order valence-corrected chi connectivity index (χ3v) is 4.64. The van der Waals surface area contributed by atoms with Crippen molar-refractivity contribution in [1.82, 2.24) is 20.1 Å². The number of nitrogens with zero attached hydrogens (tertiary/aromatic N) is 4. The number of likely N-dealkylation sites (tertiary alicyclic amines) is 1. The first-order valence-corrected chi connectivity index (χ1v) is 8.24. The SMILES string of the molecule is O=C(c1ccc2ncsc2c1)N1CC[C@H](Oc2cccnn2)C1. The molecule has 116 valence electrons. The predicted octanol–water partition coefficient (Wildman–Crippen LogP) is 2.38. The number of carbonyl (C=O) groups is 1. The van der Waals surface area contributed by atoms with Gasteiger partial charge in [-0.1, -0.05) is 0 Å². The number of hydrogen-bond donors (Lipinski definition) is 0. The van der Waals surface area contributed by atoms with Crippen molar-refractivity contribution in [3.63, 3.8) is 0 Å². The predicted molar refractivity (Wildman–Crippen MR) is 86.6 cm³/mol. The highest BCUT2D eigenvalue weighted by Crippen LogP contribution is 2.22. The number of ether oxygens (including phenoxy) is 1. The van der Waals surface area contributed by atoms with Crippen molar-refractivity contribution in [2.75, 3.05) is 13.1 Å². The van der Waals surface area contributed by atoms with Gasteiger partial charge in [-0.15, -0.1) is 16.4 Å². The first kappa shape index (κ1) is 14.1. The molecule has 4 rings (SSSR count). The molecule has 1 atom stereocenters. The van der Waals surface area contributed by atoms with Gasteiger partial charge >= 0.3 is 0 Å². The van der Waals surface area contributed by atoms with Crippen molar-refractivity contribution in [1.29, 1.82) is 0 Å². The third-order valence-electron chi connectivity index (χ3n) is 3.85. The van der Waals surface area contributed by atoms with E-state index in [2.05, 4.69) is 15.2 Å². The van der Waals surface area contributed by atoms with E-state index in [1.165, 1.54) is 0 Å². The molecule has 1 aliphatic heterocycles. The van der Waals surface area contributed by atoms with Crippen LogP contribution in [-0.4, -0.2) is 45.2 Å². The zero-order valence-corrected chi connectivity index (χ0v) is 13.1. The Kier molecular flexibility index (Phi) is 3.63. The lowest BCUT2D eigenvalue weighted by Crippen LogP contribution is -2.31. The topological polar surface area (TPSA) is 68.2 Å². The smallest absolute Gasteiger partial charge is 0.254 e. The Labute approximate surface area is 136 Å². The lowest BCUT2D eigenvalue weighted by molar-refractivity contribution is 0.0771. The highest BCUT2D eigenvalue weighted by molar-refractivity contribution is 7.16. The fourth-order valence-corrected chi connectivity index (χ4v) is 3.42. The summed E-state index contributed by atoms with van der Waals surface area (Å²) in [5.41, 5.74) is 3.42. The Balaban J connectivity index is 1.45. The van der Waals surface area contributed by atoms with Gasteiger partial charge in [0.25, 0.3) is 5.91 Å². The van der Waals surface area contributed by atoms with Gasteiger partial charge in [-0.25, -0.2) is 4.98 Å². The molecule has 2 aromatic heterocycles. The molecule has 0 spiro atoms. The number of hydrogen-bond acceptors (Lipinski definition) is 6. The quantitative estimate of drug-likeness (QED) is 0.739. The van der Waals surface area contributed by atoms with E-state index in [-0.39, 0.29) is 12.0 Å². The second-order valence-electron chi connectivity index (χ2n) is 5.38. The summed E-state index contributed by atoms with van der Waals surface area (Å²) in [6.07, 6.45) is 2.36. The Morgan fingerprint density at radius 2 is 2.30 bits per heavy atom. The minimum absolute atomic E-state index is 0.0329. The van der Waals surface area contributed by atoms with Crippen molar-refractivity contribution < 1.29 is 9.53 Å². The third kappa shape index (κ3) is 2.87. The molecular weight excluding hydrogens is 312 g/mol. The van der Waals surface area contributed by atoms with Gasteiger partial charge in [0.05, 0.1) is 22.3 Å². The van der Waals surface area contributed by atoms with Crippen LogP contribution in [0.2, 0.25) is 0 Å². The Bertz CT molecular complexity index is 836. The van der Waals surface area contributed by atoms with Crippen molar-refractivity contribution in [2.45, 2.75) is 12.5 Å². The molecule has 3 heterocycles. The minimum atomic E-state index is -0.0391. The van der Waals surface area contributed by atoms with Crippen LogP contribution in [0.1, 0.15) is 16.8 Å². The molecule has 0 saturated carbocycles. The van der Waals surface area contributed by atoms with Crippen LogP contribution in [0.15, 0.2) is 42.0 Å². The fourth-order valence-electron chi connectivity index (χ4n) is 2.70. The molecule has 1 aliphatic rings. The van der Waals surface area contributed by atoms with E-state index < -0.39 is 0 Å². The molecule has 0 N–H and O–H groups in total. The number of carbonyl (C=O) groups excluding carboxylic acids is 1. The summed E-state index contributed by atoms with van der Waals surface area (Å²) in [6.45, 7) is 1.25. The van der Waals surface area contributed by atoms with E-state index in [1.54, 1.807) is 35.2 Å². The zero-order chi connectivity index (χ0) is 15.6. The molecule has 1 fully saturated rings. The normalized spacial score (nSPS) is 17.6. The van der Waals surface area contributed by atoms with Crippen LogP contribution in [0, 0.1) is 0 Å². The van der Waals surface area contributed by atoms with Gasteiger partial charge in [0, 0.05) is 30.8 Å². The van der Waals surface area contributed by atoms with Crippen LogP contribution in [-0.2, 0) is 0 Å². The van der Waals surface area contributed by atoms with Crippen LogP contribution in [0.5, 0.6) is 5.88 Å². The number of fused-ring (bicyclic) bond motifs is 1. The standard InChI is InChI=1S/C16H14N4O2S/c21-16(11-3-4-13-14(8-11)23-10-17-13)20-7-5-12(9-20)22-15-2-1-6-18-19-15/h1-4,6,8,10,12H,5,7,9H2/t12-/m0/s1. The molecule has 23 heavy (non-hydrogen) atoms. The first-order valence-electron chi connectivity index (χ1n) is 7.36. The van der Waals surface area contributed by atoms with Crippen molar-refractivity contribution in [3.8, 4) is 5.88 Å². The zero-order valence-electron chi connectivity index (χ0n) is 12.3. The first-order chi connectivity index (χ1) is 11.3. The van der Waals surface area contributed by atoms with Crippen LogP contribution < -0.4 is 4.74 Å². The summed E-state index contributed by atoms with van der Waals surface area (Å²) in [6, 6.07) is 9.19. The lowest BCUT2D eigenvalue weighted by Gasteiger charge is -2.17. The molecule has 0 aliphatic carbocycles. The van der Waals surface area contributed by atoms with Gasteiger partial charge in [-0.3, -0.25) is 4.79 Å². The number of benzene rings is 1. The molecule has 1 amide bonds. The number of amides is 1. The summed E-state index contributed by atoms with van der Waals surface area (Å²) in [7, 11) is 0. The molecule has 1 saturated heterocycles. The van der Waals surface area contributed by atoms with Gasteiger partial charge in [-0.05, 0) is 24.3 Å². The summed E-state index contributed by atoms with van der Waals surface area (Å²) in [4.78, 5) is 18.7. The molecule has 3 aromatic rings. The van der Waals surface area contributed by atoms with Crippen LogP contribution in [0.3, 0.4) is 0 Å². The van der Waals surface area contributed by atoms with Gasteiger partial charge in [0.1, 0.15) is 6.10 Å². The lowest BCUT2D eigenvalue weighted by atomic mass is 10.2. The Hall–Kier alpha value is -2.54. The molecule has 0 unspecified atom stereocenters. The number of aromatic nitrogens is 3. The average molecular weight is 326 g/mol. The van der Waals surface area contributed by atoms with Gasteiger partial charge in [0.2, 0.25) is 5.88 Å². The minimum Gasteiger partial charge on any atom is -0.471 e. The second-order valence-corrected chi connectivity index (χ2v) is 6.26. The van der Waals surface area contributed by atoms with Crippen molar-refractivity contribution >= 4 is 27.5 Å². The largest absolute Gasteiger partial charge is 0.471 e. The molecular formula is C16H14N4O2S. The monoisotopic (exact) mass is 326 g/mol. The molecule has 1 aromatic carbocycles. The highest BCUT2D eigenvalue weighted by atomic mass is 32.1. The Morgan fingerprint density at radius 3 is 3.17 bits per heavy atom. The van der Waals surface area contributed by atoms with Crippen LogP contribution in [0.25, 0.3) is 10.2 Å². The molecule has 0 bridgehead atoms. The fraction of sp³-hybridized carbons (Fsp3) is 0.250. The van der Waals surface area contributed by atoms with E-state index in [9.17, 15) is 4.79 Å². The highest BCUT2D eigenvalue weighted by Gasteiger charge is 2.28. The van der Waals surface area contributed by atoms with Crippen molar-refractivity contribution in [2.24, 2.45) is 0 Å². The van der Waals surface area contributed by atoms with Gasteiger partial charge in [0.15, 0.2) is 0 Å². The summed E-state index contributed by atoms with van der Waals surface area (Å²) >= 11 is 1.54. The Morgan fingerprint density at radius 1 is 1.35 bits per heavy atom. The number of rotatable bonds is 3. The van der Waals surface area contributed by atoms with Crippen LogP contribution >= 0.6 is 11.3 Å². The number of thiazole rings is 1. The second kappa shape index (κ2) is 5.92. The summed E-state index contributed by atoms with van der Waals surface area (Å²) < 4.78 is 6.80. The van der Waals surface area contributed by atoms with Crippen LogP contribution in [0.4, 0.5) is 0 Å². The molecule has 7 heteroatoms. The summed E-state index contributed by atoms with van der Waals surface area (Å²) in [5, 5.41) is 7.71. The summed E-state index contributed by atoms with van der Waals surface area (Å²) in [5.74, 6) is 0.531. The molecule has 0 radical (unpaired) electrons. The van der Waals surface area contributed by atoms with E-state index in [4.69, 9.17) is 4.74 Å².